The van der Waals surface area contributed by atoms with E-state index in [9.17, 15) is 18.0 Å². The van der Waals surface area contributed by atoms with Crippen LogP contribution in [-0.4, -0.2) is 17.9 Å². The summed E-state index contributed by atoms with van der Waals surface area (Å²) in [4.78, 5) is 13.4. The number of amides is 1. The molecule has 0 aliphatic heterocycles. The van der Waals surface area contributed by atoms with Gasteiger partial charge >= 0.3 is 6.18 Å². The Morgan fingerprint density at radius 3 is 2.21 bits per heavy atom. The van der Waals surface area contributed by atoms with E-state index in [0.29, 0.717) is 12.1 Å². The first-order valence-electron chi connectivity index (χ1n) is 6.16. The Morgan fingerprint density at radius 2 is 1.79 bits per heavy atom. The molecule has 1 amide bonds. The topological polar surface area (TPSA) is 20.3 Å². The highest BCUT2D eigenvalue weighted by Crippen LogP contribution is 2.29. The minimum Gasteiger partial charge on any atom is -0.341 e. The number of hydrogen-bond donors (Lipinski definition) is 0. The van der Waals surface area contributed by atoms with Crippen LogP contribution in [0.25, 0.3) is 0 Å². The third-order valence-corrected chi connectivity index (χ3v) is 3.11. The first-order valence-corrected chi connectivity index (χ1v) is 6.16. The lowest BCUT2D eigenvalue weighted by atomic mass is 10.1. The van der Waals surface area contributed by atoms with E-state index in [2.05, 4.69) is 0 Å². The Balaban J connectivity index is 2.71. The number of carbonyl (C=O) groups excluding carboxylic acids is 1. The highest BCUT2D eigenvalue weighted by Gasteiger charge is 2.30. The summed E-state index contributed by atoms with van der Waals surface area (Å²) in [5.74, 6) is -0.0677. The van der Waals surface area contributed by atoms with Gasteiger partial charge in [0.15, 0.2) is 0 Å². The summed E-state index contributed by atoms with van der Waals surface area (Å²) >= 11 is 0. The van der Waals surface area contributed by atoms with Crippen LogP contribution in [0.15, 0.2) is 24.3 Å². The van der Waals surface area contributed by atoms with Gasteiger partial charge in [0.2, 0.25) is 5.91 Å². The Hall–Kier alpha value is -1.52. The molecular formula is C14H18F3NO. The predicted octanol–water partition coefficient (Wildman–Crippen LogP) is 3.71. The maximum Gasteiger partial charge on any atom is 0.416 e. The molecule has 19 heavy (non-hydrogen) atoms. The van der Waals surface area contributed by atoms with Crippen molar-refractivity contribution in [1.82, 2.24) is 4.90 Å². The first kappa shape index (κ1) is 15.5. The van der Waals surface area contributed by atoms with Gasteiger partial charge in [0, 0.05) is 19.5 Å². The zero-order valence-corrected chi connectivity index (χ0v) is 11.3. The van der Waals surface area contributed by atoms with E-state index in [4.69, 9.17) is 0 Å². The Bertz CT molecular complexity index is 425. The van der Waals surface area contributed by atoms with Crippen LogP contribution in [0, 0.1) is 5.92 Å². The standard InChI is InChI=1S/C14H18F3NO/c1-4-10(2)13(19)18(3)9-11-5-7-12(8-6-11)14(15,16)17/h5-8,10H,4,9H2,1-3H3. The van der Waals surface area contributed by atoms with Gasteiger partial charge < -0.3 is 4.90 Å². The van der Waals surface area contributed by atoms with Crippen LogP contribution in [0.2, 0.25) is 0 Å². The van der Waals surface area contributed by atoms with Crippen molar-refractivity contribution in [1.29, 1.82) is 0 Å². The van der Waals surface area contributed by atoms with Crippen molar-refractivity contribution >= 4 is 5.91 Å². The highest BCUT2D eigenvalue weighted by atomic mass is 19.4. The largest absolute Gasteiger partial charge is 0.416 e. The van der Waals surface area contributed by atoms with Gasteiger partial charge in [0.05, 0.1) is 5.56 Å². The van der Waals surface area contributed by atoms with E-state index in [1.54, 1.807) is 7.05 Å². The van der Waals surface area contributed by atoms with Crippen molar-refractivity contribution in [2.45, 2.75) is 33.0 Å². The van der Waals surface area contributed by atoms with Crippen molar-refractivity contribution in [3.05, 3.63) is 35.4 Å². The molecule has 0 aliphatic carbocycles. The zero-order valence-electron chi connectivity index (χ0n) is 11.3. The third kappa shape index (κ3) is 4.26. The van der Waals surface area contributed by atoms with Crippen molar-refractivity contribution < 1.29 is 18.0 Å². The average molecular weight is 273 g/mol. The molecule has 1 aromatic rings. The molecule has 1 aromatic carbocycles. The fourth-order valence-corrected chi connectivity index (χ4v) is 1.70. The molecular weight excluding hydrogens is 255 g/mol. The number of rotatable bonds is 4. The predicted molar refractivity (Wildman–Crippen MR) is 67.4 cm³/mol. The van der Waals surface area contributed by atoms with Gasteiger partial charge in [-0.1, -0.05) is 26.0 Å². The van der Waals surface area contributed by atoms with E-state index in [1.807, 2.05) is 13.8 Å². The van der Waals surface area contributed by atoms with Crippen molar-refractivity contribution in [2.24, 2.45) is 5.92 Å². The van der Waals surface area contributed by atoms with Gasteiger partial charge in [-0.05, 0) is 24.1 Å². The Labute approximate surface area is 111 Å². The fourth-order valence-electron chi connectivity index (χ4n) is 1.70. The molecule has 0 aromatic heterocycles. The number of nitrogens with zero attached hydrogens (tertiary/aromatic N) is 1. The molecule has 0 aliphatic rings. The van der Waals surface area contributed by atoms with Crippen LogP contribution in [-0.2, 0) is 17.5 Å². The minimum absolute atomic E-state index is 0.00222. The molecule has 0 bridgehead atoms. The fraction of sp³-hybridized carbons (Fsp3) is 0.500. The maximum atomic E-state index is 12.4. The highest BCUT2D eigenvalue weighted by molar-refractivity contribution is 5.78. The van der Waals surface area contributed by atoms with Crippen molar-refractivity contribution in [3.63, 3.8) is 0 Å². The second-order valence-corrected chi connectivity index (χ2v) is 4.70. The van der Waals surface area contributed by atoms with Crippen LogP contribution < -0.4 is 0 Å². The van der Waals surface area contributed by atoms with Crippen LogP contribution in [0.4, 0.5) is 13.2 Å². The van der Waals surface area contributed by atoms with Crippen molar-refractivity contribution in [3.8, 4) is 0 Å². The lowest BCUT2D eigenvalue weighted by Gasteiger charge is -2.21. The average Bonchev–Trinajstić information content (AvgIpc) is 2.36. The monoisotopic (exact) mass is 273 g/mol. The smallest absolute Gasteiger partial charge is 0.341 e. The van der Waals surface area contributed by atoms with Crippen LogP contribution in [0.5, 0.6) is 0 Å². The SMILES string of the molecule is CCC(C)C(=O)N(C)Cc1ccc(C(F)(F)F)cc1. The van der Waals surface area contributed by atoms with Crippen molar-refractivity contribution in [2.75, 3.05) is 7.05 Å². The number of hydrogen-bond acceptors (Lipinski definition) is 1. The number of alkyl halides is 3. The van der Waals surface area contributed by atoms with Crippen LogP contribution >= 0.6 is 0 Å². The molecule has 2 nitrogen and oxygen atoms in total. The molecule has 1 unspecified atom stereocenters. The molecule has 5 heteroatoms. The van der Waals surface area contributed by atoms with Gasteiger partial charge in [-0.25, -0.2) is 0 Å². The van der Waals surface area contributed by atoms with E-state index in [0.717, 1.165) is 18.6 Å². The van der Waals surface area contributed by atoms with Gasteiger partial charge in [0.25, 0.3) is 0 Å². The Morgan fingerprint density at radius 1 is 1.26 bits per heavy atom. The molecule has 1 rings (SSSR count). The Kier molecular flexibility index (Phi) is 4.97. The summed E-state index contributed by atoms with van der Waals surface area (Å²) in [6.07, 6.45) is -3.58. The molecule has 0 saturated heterocycles. The maximum absolute atomic E-state index is 12.4. The number of benzene rings is 1. The molecule has 0 saturated carbocycles. The van der Waals surface area contributed by atoms with Gasteiger partial charge in [-0.15, -0.1) is 0 Å². The summed E-state index contributed by atoms with van der Waals surface area (Å²) < 4.78 is 37.2. The first-order chi connectivity index (χ1) is 8.75. The van der Waals surface area contributed by atoms with Gasteiger partial charge in [0.1, 0.15) is 0 Å². The lowest BCUT2D eigenvalue weighted by Crippen LogP contribution is -2.30. The number of carbonyl (C=O) groups is 1. The van der Waals surface area contributed by atoms with E-state index >= 15 is 0 Å². The molecule has 0 radical (unpaired) electrons. The molecule has 1 atom stereocenters. The lowest BCUT2D eigenvalue weighted by molar-refractivity contribution is -0.137. The molecule has 0 heterocycles. The van der Waals surface area contributed by atoms with Crippen LogP contribution in [0.1, 0.15) is 31.4 Å². The van der Waals surface area contributed by atoms with E-state index in [1.165, 1.54) is 17.0 Å². The summed E-state index contributed by atoms with van der Waals surface area (Å²) in [7, 11) is 1.66. The summed E-state index contributed by atoms with van der Waals surface area (Å²) in [5.41, 5.74) is 0.0132. The summed E-state index contributed by atoms with van der Waals surface area (Å²) in [6.45, 7) is 4.08. The van der Waals surface area contributed by atoms with Gasteiger partial charge in [-0.3, -0.25) is 4.79 Å². The molecule has 0 spiro atoms. The molecule has 106 valence electrons. The quantitative estimate of drug-likeness (QED) is 0.819. The van der Waals surface area contributed by atoms with Crippen LogP contribution in [0.3, 0.4) is 0 Å². The second kappa shape index (κ2) is 6.08. The van der Waals surface area contributed by atoms with E-state index < -0.39 is 11.7 Å². The van der Waals surface area contributed by atoms with Gasteiger partial charge in [-0.2, -0.15) is 13.2 Å². The summed E-state index contributed by atoms with van der Waals surface area (Å²) in [5, 5.41) is 0. The van der Waals surface area contributed by atoms with E-state index in [-0.39, 0.29) is 11.8 Å². The molecule has 0 fully saturated rings. The number of halogens is 3. The molecule has 0 N–H and O–H groups in total. The normalized spacial score (nSPS) is 13.2. The second-order valence-electron chi connectivity index (χ2n) is 4.70. The third-order valence-electron chi connectivity index (χ3n) is 3.11. The minimum atomic E-state index is -4.32. The zero-order chi connectivity index (χ0) is 14.6. The summed E-state index contributed by atoms with van der Waals surface area (Å²) in [6, 6.07) is 4.89.